The van der Waals surface area contributed by atoms with E-state index in [9.17, 15) is 9.59 Å². The predicted octanol–water partition coefficient (Wildman–Crippen LogP) is 1.81. The van der Waals surface area contributed by atoms with Gasteiger partial charge in [0.1, 0.15) is 18.4 Å². The number of carbonyl (C=O) groups is 2. The molecule has 23 heavy (non-hydrogen) atoms. The topological polar surface area (TPSA) is 99.9 Å². The van der Waals surface area contributed by atoms with Gasteiger partial charge in [-0.3, -0.25) is 0 Å². The lowest BCUT2D eigenvalue weighted by Gasteiger charge is -2.11. The third-order valence-electron chi connectivity index (χ3n) is 2.94. The number of thiol groups is 1. The lowest BCUT2D eigenvalue weighted by Crippen LogP contribution is -2.38. The molecule has 8 heteroatoms. The fourth-order valence-electron chi connectivity index (χ4n) is 1.62. The van der Waals surface area contributed by atoms with Crippen molar-refractivity contribution in [1.82, 2.24) is 5.32 Å². The van der Waals surface area contributed by atoms with Crippen molar-refractivity contribution in [2.45, 2.75) is 32.4 Å². The first-order chi connectivity index (χ1) is 11.1. The molecule has 0 radical (unpaired) electrons. The highest BCUT2D eigenvalue weighted by atomic mass is 32.1. The molecule has 0 aliphatic heterocycles. The molecule has 7 nitrogen and oxygen atoms in total. The number of unbranched alkanes of at least 4 members (excludes halogenated alkanes) is 1. The van der Waals surface area contributed by atoms with Crippen molar-refractivity contribution >= 4 is 25.0 Å². The maximum absolute atomic E-state index is 11.5. The zero-order chi connectivity index (χ0) is 17.1. The summed E-state index contributed by atoms with van der Waals surface area (Å²) in [5.41, 5.74) is 6.21. The van der Waals surface area contributed by atoms with Crippen LogP contribution >= 0.6 is 12.9 Å². The third-order valence-corrected chi connectivity index (χ3v) is 3.12. The van der Waals surface area contributed by atoms with Crippen molar-refractivity contribution < 1.29 is 23.2 Å². The molecule has 0 aliphatic carbocycles. The quantitative estimate of drug-likeness (QED) is 0.359. The van der Waals surface area contributed by atoms with Gasteiger partial charge in [-0.25, -0.2) is 9.59 Å². The number of ether oxygens (including phenoxy) is 2. The molecule has 3 N–H and O–H groups in total. The summed E-state index contributed by atoms with van der Waals surface area (Å²) in [6.07, 6.45) is 1.13. The summed E-state index contributed by atoms with van der Waals surface area (Å²) in [6.45, 7) is 2.83. The number of alkyl carbamates (subject to hydrolysis) is 1. The molecule has 0 saturated heterocycles. The predicted molar refractivity (Wildman–Crippen MR) is 88.1 cm³/mol. The Morgan fingerprint density at radius 2 is 1.96 bits per heavy atom. The highest BCUT2D eigenvalue weighted by molar-refractivity contribution is 7.75. The van der Waals surface area contributed by atoms with Crippen molar-refractivity contribution in [3.63, 3.8) is 0 Å². The number of amides is 1. The Labute approximate surface area is 141 Å². The number of hydrogen-bond donors (Lipinski definition) is 3. The van der Waals surface area contributed by atoms with Crippen LogP contribution in [0.5, 0.6) is 5.75 Å². The van der Waals surface area contributed by atoms with Gasteiger partial charge in [0.15, 0.2) is 0 Å². The molecule has 0 spiro atoms. The van der Waals surface area contributed by atoms with Gasteiger partial charge >= 0.3 is 12.1 Å². The number of hydrogen-bond acceptors (Lipinski definition) is 7. The Bertz CT molecular complexity index is 495. The number of nitrogens with two attached hydrogens (primary N) is 1. The molecule has 0 bridgehead atoms. The highest BCUT2D eigenvalue weighted by Gasteiger charge is 2.16. The molecule has 0 fully saturated rings. The normalized spacial score (nSPS) is 11.4. The van der Waals surface area contributed by atoms with Crippen LogP contribution in [-0.2, 0) is 20.3 Å². The largest absolute Gasteiger partial charge is 0.494 e. The number of nitrogens with one attached hydrogen (secondary N) is 1. The second-order valence-electron chi connectivity index (χ2n) is 4.84. The molecule has 0 saturated carbocycles. The van der Waals surface area contributed by atoms with Crippen LogP contribution < -0.4 is 15.8 Å². The molecule has 1 atom stereocenters. The molecule has 0 aromatic heterocycles. The summed E-state index contributed by atoms with van der Waals surface area (Å²) in [6, 6.07) is 6.39. The van der Waals surface area contributed by atoms with E-state index in [1.54, 1.807) is 24.3 Å². The summed E-state index contributed by atoms with van der Waals surface area (Å²) >= 11 is 3.37. The van der Waals surface area contributed by atoms with Gasteiger partial charge in [0, 0.05) is 12.9 Å². The molecule has 128 valence electrons. The fraction of sp³-hybridized carbons (Fsp3) is 0.467. The molecule has 1 aromatic rings. The molecular formula is C15H22N2O5S. The summed E-state index contributed by atoms with van der Waals surface area (Å²) in [7, 11) is 0. The average Bonchev–Trinajstić information content (AvgIpc) is 2.57. The van der Waals surface area contributed by atoms with Gasteiger partial charge in [-0.2, -0.15) is 0 Å². The Morgan fingerprint density at radius 1 is 1.26 bits per heavy atom. The van der Waals surface area contributed by atoms with E-state index in [1.165, 1.54) is 6.92 Å². The second-order valence-corrected chi connectivity index (χ2v) is 5.02. The molecule has 1 amide bonds. The van der Waals surface area contributed by atoms with Gasteiger partial charge in [0.2, 0.25) is 0 Å². The van der Waals surface area contributed by atoms with Gasteiger partial charge in [-0.1, -0.05) is 12.1 Å². The van der Waals surface area contributed by atoms with Gasteiger partial charge in [-0.15, -0.1) is 0 Å². The molecule has 1 unspecified atom stereocenters. The van der Waals surface area contributed by atoms with Crippen LogP contribution in [0.15, 0.2) is 24.3 Å². The maximum atomic E-state index is 11.5. The maximum Gasteiger partial charge on any atom is 0.408 e. The number of carbonyl (C=O) groups excluding carboxylic acids is 2. The Morgan fingerprint density at radius 3 is 2.57 bits per heavy atom. The van der Waals surface area contributed by atoms with E-state index in [0.717, 1.165) is 24.2 Å². The summed E-state index contributed by atoms with van der Waals surface area (Å²) in [5, 5.41) is 2.33. The Hall–Kier alpha value is -1.93. The molecule has 0 aliphatic rings. The first-order valence-electron chi connectivity index (χ1n) is 7.27. The van der Waals surface area contributed by atoms with Gasteiger partial charge in [0.05, 0.1) is 6.61 Å². The zero-order valence-corrected chi connectivity index (χ0v) is 13.9. The number of rotatable bonds is 9. The molecular weight excluding hydrogens is 320 g/mol. The minimum absolute atomic E-state index is 0.0852. The second kappa shape index (κ2) is 10.7. The van der Waals surface area contributed by atoms with Crippen LogP contribution in [0.3, 0.4) is 0 Å². The fourth-order valence-corrected chi connectivity index (χ4v) is 1.78. The molecule has 1 aromatic carbocycles. The minimum Gasteiger partial charge on any atom is -0.494 e. The third kappa shape index (κ3) is 7.75. The van der Waals surface area contributed by atoms with E-state index in [0.29, 0.717) is 13.2 Å². The molecule has 1 rings (SSSR count). The summed E-state index contributed by atoms with van der Waals surface area (Å²) in [4.78, 5) is 22.6. The van der Waals surface area contributed by atoms with E-state index < -0.39 is 18.1 Å². The van der Waals surface area contributed by atoms with Crippen molar-refractivity contribution in [3.05, 3.63) is 29.8 Å². The minimum atomic E-state index is -0.829. The van der Waals surface area contributed by atoms with Crippen molar-refractivity contribution in [3.8, 4) is 5.75 Å². The Balaban J connectivity index is 2.32. The van der Waals surface area contributed by atoms with E-state index in [4.69, 9.17) is 15.2 Å². The highest BCUT2D eigenvalue weighted by Crippen LogP contribution is 2.13. The zero-order valence-electron chi connectivity index (χ0n) is 13.0. The summed E-state index contributed by atoms with van der Waals surface area (Å²) in [5.74, 6) is 0.0850. The van der Waals surface area contributed by atoms with Crippen LogP contribution in [0.1, 0.15) is 25.3 Å². The van der Waals surface area contributed by atoms with Gasteiger partial charge < -0.3 is 24.7 Å². The van der Waals surface area contributed by atoms with Crippen LogP contribution in [0.4, 0.5) is 4.79 Å². The van der Waals surface area contributed by atoms with E-state index >= 15 is 0 Å². The van der Waals surface area contributed by atoms with Gasteiger partial charge in [0.25, 0.3) is 0 Å². The standard InChI is InChI=1S/C15H22N2O5S/c1-11(14(18)22-23)17-15(19)21-10-12-4-6-13(7-5-12)20-9-3-2-8-16/h4-7,11,23H,2-3,8-10,16H2,1H3,(H,17,19). The monoisotopic (exact) mass is 342 g/mol. The smallest absolute Gasteiger partial charge is 0.408 e. The van der Waals surface area contributed by atoms with Crippen molar-refractivity contribution in [2.75, 3.05) is 13.2 Å². The first kappa shape index (κ1) is 19.1. The SMILES string of the molecule is CC(NC(=O)OCc1ccc(OCCCCN)cc1)C(=O)OS. The average molecular weight is 342 g/mol. The van der Waals surface area contributed by atoms with Crippen LogP contribution in [0.25, 0.3) is 0 Å². The van der Waals surface area contributed by atoms with Gasteiger partial charge in [-0.05, 0) is 44.0 Å². The van der Waals surface area contributed by atoms with Crippen LogP contribution in [0.2, 0.25) is 0 Å². The van der Waals surface area contributed by atoms with E-state index in [-0.39, 0.29) is 6.61 Å². The lowest BCUT2D eigenvalue weighted by molar-refractivity contribution is -0.134. The van der Waals surface area contributed by atoms with E-state index in [2.05, 4.69) is 22.4 Å². The molecule has 0 heterocycles. The van der Waals surface area contributed by atoms with Crippen molar-refractivity contribution in [2.24, 2.45) is 5.73 Å². The summed E-state index contributed by atoms with van der Waals surface area (Å²) < 4.78 is 14.8. The number of benzene rings is 1. The first-order valence-corrected chi connectivity index (χ1v) is 7.63. The van der Waals surface area contributed by atoms with Crippen LogP contribution in [-0.4, -0.2) is 31.3 Å². The van der Waals surface area contributed by atoms with E-state index in [1.807, 2.05) is 0 Å². The Kier molecular flexibility index (Phi) is 8.93. The lowest BCUT2D eigenvalue weighted by atomic mass is 10.2. The van der Waals surface area contributed by atoms with Crippen LogP contribution in [0, 0.1) is 0 Å². The van der Waals surface area contributed by atoms with Crippen molar-refractivity contribution in [1.29, 1.82) is 0 Å².